The van der Waals surface area contributed by atoms with Crippen LogP contribution in [0.5, 0.6) is 0 Å². The molecule has 1 atom stereocenters. The molecule has 0 aliphatic carbocycles. The molecule has 1 aromatic heterocycles. The number of hydrogen-bond donors (Lipinski definition) is 2. The smallest absolute Gasteiger partial charge is 0.336 e. The lowest BCUT2D eigenvalue weighted by Gasteiger charge is -2.09. The number of sulfonamides is 1. The van der Waals surface area contributed by atoms with Crippen LogP contribution in [0.3, 0.4) is 0 Å². The number of carbonyl (C=O) groups excluding carboxylic acids is 1. The summed E-state index contributed by atoms with van der Waals surface area (Å²) >= 11 is 6.48. The van der Waals surface area contributed by atoms with Gasteiger partial charge < -0.3 is 9.84 Å². The standard InChI is InChI=1S/C8H10ClNO5S2/c1-15-8(12)5(11)4-10-17(13,14)7-3-2-6(9)16-7/h2-3,5,10-11H,4H2,1H3. The van der Waals surface area contributed by atoms with Crippen LogP contribution >= 0.6 is 22.9 Å². The van der Waals surface area contributed by atoms with Crippen molar-refractivity contribution in [2.75, 3.05) is 13.7 Å². The van der Waals surface area contributed by atoms with Gasteiger partial charge in [-0.2, -0.15) is 0 Å². The quantitative estimate of drug-likeness (QED) is 0.759. The molecule has 17 heavy (non-hydrogen) atoms. The van der Waals surface area contributed by atoms with E-state index in [-0.39, 0.29) is 4.21 Å². The van der Waals surface area contributed by atoms with Crippen molar-refractivity contribution in [1.82, 2.24) is 4.72 Å². The summed E-state index contributed by atoms with van der Waals surface area (Å²) in [4.78, 5) is 10.8. The summed E-state index contributed by atoms with van der Waals surface area (Å²) in [5.74, 6) is -0.906. The van der Waals surface area contributed by atoms with Crippen molar-refractivity contribution in [3.8, 4) is 0 Å². The molecule has 96 valence electrons. The molecule has 1 aromatic rings. The molecule has 0 amide bonds. The Morgan fingerprint density at radius 1 is 1.65 bits per heavy atom. The van der Waals surface area contributed by atoms with E-state index in [1.165, 1.54) is 12.1 Å². The summed E-state index contributed by atoms with van der Waals surface area (Å²) in [6.07, 6.45) is -1.54. The number of methoxy groups -OCH3 is 1. The first-order valence-corrected chi connectivity index (χ1v) is 7.05. The Morgan fingerprint density at radius 3 is 2.76 bits per heavy atom. The van der Waals surface area contributed by atoms with Crippen LogP contribution < -0.4 is 4.72 Å². The maximum atomic E-state index is 11.6. The van der Waals surface area contributed by atoms with Gasteiger partial charge >= 0.3 is 5.97 Å². The number of aliphatic hydroxyl groups is 1. The number of nitrogens with one attached hydrogen (secondary N) is 1. The zero-order valence-electron chi connectivity index (χ0n) is 8.71. The number of rotatable bonds is 5. The van der Waals surface area contributed by atoms with Crippen LogP contribution in [-0.4, -0.2) is 39.3 Å². The second kappa shape index (κ2) is 5.78. The van der Waals surface area contributed by atoms with E-state index in [1.807, 2.05) is 0 Å². The summed E-state index contributed by atoms with van der Waals surface area (Å²) < 4.78 is 29.9. The molecule has 9 heteroatoms. The Balaban J connectivity index is 2.66. The fourth-order valence-electron chi connectivity index (χ4n) is 0.921. The number of hydrogen-bond acceptors (Lipinski definition) is 6. The lowest BCUT2D eigenvalue weighted by molar-refractivity contribution is -0.149. The molecule has 0 aromatic carbocycles. The fraction of sp³-hybridized carbons (Fsp3) is 0.375. The highest BCUT2D eigenvalue weighted by molar-refractivity contribution is 7.91. The summed E-state index contributed by atoms with van der Waals surface area (Å²) in [5, 5.41) is 9.21. The first kappa shape index (κ1) is 14.4. The second-order valence-corrected chi connectivity index (χ2v) is 6.66. The molecule has 6 nitrogen and oxygen atoms in total. The first-order chi connectivity index (χ1) is 7.86. The van der Waals surface area contributed by atoms with Gasteiger partial charge in [-0.3, -0.25) is 0 Å². The van der Waals surface area contributed by atoms with E-state index in [0.29, 0.717) is 4.34 Å². The molecule has 1 heterocycles. The average molecular weight is 300 g/mol. The van der Waals surface area contributed by atoms with E-state index < -0.39 is 28.6 Å². The van der Waals surface area contributed by atoms with Gasteiger partial charge in [-0.25, -0.2) is 17.9 Å². The summed E-state index contributed by atoms with van der Waals surface area (Å²) in [6.45, 7) is -0.454. The molecule has 0 aliphatic rings. The van der Waals surface area contributed by atoms with Crippen molar-refractivity contribution < 1.29 is 23.1 Å². The minimum Gasteiger partial charge on any atom is -0.467 e. The van der Waals surface area contributed by atoms with E-state index in [0.717, 1.165) is 18.4 Å². The molecule has 1 unspecified atom stereocenters. The van der Waals surface area contributed by atoms with Crippen LogP contribution in [-0.2, 0) is 19.6 Å². The van der Waals surface area contributed by atoms with Gasteiger partial charge in [0.15, 0.2) is 6.10 Å². The third-order valence-electron chi connectivity index (χ3n) is 1.75. The third kappa shape index (κ3) is 3.93. The maximum absolute atomic E-state index is 11.6. The van der Waals surface area contributed by atoms with Crippen molar-refractivity contribution >= 4 is 38.9 Å². The van der Waals surface area contributed by atoms with Gasteiger partial charge in [0, 0.05) is 6.54 Å². The molecule has 1 rings (SSSR count). The number of thiophene rings is 1. The second-order valence-electron chi connectivity index (χ2n) is 2.95. The highest BCUT2D eigenvalue weighted by Gasteiger charge is 2.21. The third-order valence-corrected chi connectivity index (χ3v) is 4.90. The summed E-state index contributed by atoms with van der Waals surface area (Å²) in [5.41, 5.74) is 0. The van der Waals surface area contributed by atoms with Gasteiger partial charge in [0.1, 0.15) is 4.21 Å². The number of halogens is 1. The summed E-state index contributed by atoms with van der Waals surface area (Å²) in [6, 6.07) is 2.78. The molecular weight excluding hydrogens is 290 g/mol. The van der Waals surface area contributed by atoms with Crippen LogP contribution in [0.25, 0.3) is 0 Å². The summed E-state index contributed by atoms with van der Waals surface area (Å²) in [7, 11) is -2.66. The molecule has 0 bridgehead atoms. The van der Waals surface area contributed by atoms with Gasteiger partial charge in [0.25, 0.3) is 0 Å². The molecule has 0 fully saturated rings. The van der Waals surface area contributed by atoms with Crippen molar-refractivity contribution in [3.05, 3.63) is 16.5 Å². The molecule has 2 N–H and O–H groups in total. The van der Waals surface area contributed by atoms with Crippen LogP contribution in [0.15, 0.2) is 16.3 Å². The number of aliphatic hydroxyl groups excluding tert-OH is 1. The minimum atomic E-state index is -3.76. The van der Waals surface area contributed by atoms with Crippen LogP contribution in [0.4, 0.5) is 0 Å². The maximum Gasteiger partial charge on any atom is 0.336 e. The Kier molecular flexibility index (Phi) is 4.90. The Labute approximate surface area is 107 Å². The number of carbonyl (C=O) groups is 1. The number of ether oxygens (including phenoxy) is 1. The predicted molar refractivity (Wildman–Crippen MR) is 62.5 cm³/mol. The fourth-order valence-corrected chi connectivity index (χ4v) is 3.49. The van der Waals surface area contributed by atoms with E-state index in [2.05, 4.69) is 9.46 Å². The lowest BCUT2D eigenvalue weighted by atomic mass is 10.4. The average Bonchev–Trinajstić information content (AvgIpc) is 2.72. The lowest BCUT2D eigenvalue weighted by Crippen LogP contribution is -2.36. The van der Waals surface area contributed by atoms with Crippen molar-refractivity contribution in [2.24, 2.45) is 0 Å². The Bertz CT molecular complexity index is 498. The zero-order valence-corrected chi connectivity index (χ0v) is 11.1. The van der Waals surface area contributed by atoms with Gasteiger partial charge in [0.2, 0.25) is 10.0 Å². The van der Waals surface area contributed by atoms with Gasteiger partial charge in [-0.05, 0) is 12.1 Å². The van der Waals surface area contributed by atoms with Crippen molar-refractivity contribution in [1.29, 1.82) is 0 Å². The van der Waals surface area contributed by atoms with Crippen LogP contribution in [0.2, 0.25) is 4.34 Å². The number of esters is 1. The van der Waals surface area contributed by atoms with Crippen molar-refractivity contribution in [3.63, 3.8) is 0 Å². The first-order valence-electron chi connectivity index (χ1n) is 4.37. The van der Waals surface area contributed by atoms with Crippen LogP contribution in [0.1, 0.15) is 0 Å². The van der Waals surface area contributed by atoms with E-state index >= 15 is 0 Å². The topological polar surface area (TPSA) is 92.7 Å². The van der Waals surface area contributed by atoms with E-state index in [1.54, 1.807) is 0 Å². The molecule has 0 saturated heterocycles. The zero-order chi connectivity index (χ0) is 13.1. The highest BCUT2D eigenvalue weighted by atomic mass is 35.5. The molecule has 0 aliphatic heterocycles. The molecule has 0 radical (unpaired) electrons. The van der Waals surface area contributed by atoms with Crippen LogP contribution in [0, 0.1) is 0 Å². The van der Waals surface area contributed by atoms with Gasteiger partial charge in [-0.1, -0.05) is 11.6 Å². The highest BCUT2D eigenvalue weighted by Crippen LogP contribution is 2.25. The minimum absolute atomic E-state index is 0.0135. The Hall–Kier alpha value is -0.670. The van der Waals surface area contributed by atoms with Crippen molar-refractivity contribution in [2.45, 2.75) is 10.3 Å². The SMILES string of the molecule is COC(=O)C(O)CNS(=O)(=O)c1ccc(Cl)s1. The van der Waals surface area contributed by atoms with E-state index in [9.17, 15) is 18.3 Å². The molecule has 0 spiro atoms. The van der Waals surface area contributed by atoms with Gasteiger partial charge in [-0.15, -0.1) is 11.3 Å². The molecular formula is C8H10ClNO5S2. The van der Waals surface area contributed by atoms with Gasteiger partial charge in [0.05, 0.1) is 11.4 Å². The monoisotopic (exact) mass is 299 g/mol. The van der Waals surface area contributed by atoms with E-state index in [4.69, 9.17) is 11.6 Å². The normalized spacial score (nSPS) is 13.4. The largest absolute Gasteiger partial charge is 0.467 e. The molecule has 0 saturated carbocycles. The predicted octanol–water partition coefficient (Wildman–Crippen LogP) is 0.214. The Morgan fingerprint density at radius 2 is 2.29 bits per heavy atom.